The molecule has 2 aromatic carbocycles. The van der Waals surface area contributed by atoms with Crippen LogP contribution in [0, 0.1) is 5.82 Å². The Bertz CT molecular complexity index is 918. The van der Waals surface area contributed by atoms with Gasteiger partial charge in [0.05, 0.1) is 32.2 Å². The molecule has 3 aromatic rings. The molecule has 136 valence electrons. The number of anilines is 1. The molecule has 0 saturated carbocycles. The van der Waals surface area contributed by atoms with Gasteiger partial charge in [0.2, 0.25) is 5.75 Å². The number of hydrogen-bond acceptors (Lipinski definition) is 6. The van der Waals surface area contributed by atoms with Crippen LogP contribution < -0.4 is 19.5 Å². The highest BCUT2D eigenvalue weighted by Gasteiger charge is 2.19. The number of nitrogens with zero attached hydrogens (tertiary/aromatic N) is 2. The molecule has 0 aliphatic rings. The van der Waals surface area contributed by atoms with E-state index >= 15 is 0 Å². The van der Waals surface area contributed by atoms with E-state index in [0.717, 1.165) is 5.56 Å². The summed E-state index contributed by atoms with van der Waals surface area (Å²) in [5, 5.41) is 3.97. The SMILES string of the molecule is COc1cc2ncnc(NCCc3cccc(F)c3)c2c(OC)c1OC. The lowest BCUT2D eigenvalue weighted by atomic mass is 10.1. The summed E-state index contributed by atoms with van der Waals surface area (Å²) in [7, 11) is 4.66. The van der Waals surface area contributed by atoms with Crippen molar-refractivity contribution in [2.45, 2.75) is 6.42 Å². The van der Waals surface area contributed by atoms with E-state index in [0.29, 0.717) is 46.9 Å². The van der Waals surface area contributed by atoms with Crippen molar-refractivity contribution in [3.05, 3.63) is 48.0 Å². The molecule has 0 spiro atoms. The van der Waals surface area contributed by atoms with Gasteiger partial charge < -0.3 is 19.5 Å². The second kappa shape index (κ2) is 7.86. The van der Waals surface area contributed by atoms with E-state index in [9.17, 15) is 4.39 Å². The molecule has 0 radical (unpaired) electrons. The van der Waals surface area contributed by atoms with Crippen molar-refractivity contribution in [3.8, 4) is 17.2 Å². The Hall–Kier alpha value is -3.09. The molecular weight excluding hydrogens is 337 g/mol. The summed E-state index contributed by atoms with van der Waals surface area (Å²) in [6, 6.07) is 8.31. The largest absolute Gasteiger partial charge is 0.493 e. The molecule has 0 saturated heterocycles. The summed E-state index contributed by atoms with van der Waals surface area (Å²) in [4.78, 5) is 8.62. The third-order valence-electron chi connectivity index (χ3n) is 4.02. The maximum atomic E-state index is 13.3. The molecule has 26 heavy (non-hydrogen) atoms. The summed E-state index contributed by atoms with van der Waals surface area (Å²) in [5.41, 5.74) is 1.57. The molecule has 0 bridgehead atoms. The van der Waals surface area contributed by atoms with Crippen LogP contribution in [0.4, 0.5) is 10.2 Å². The van der Waals surface area contributed by atoms with Crippen LogP contribution in [0.3, 0.4) is 0 Å². The lowest BCUT2D eigenvalue weighted by molar-refractivity contribution is 0.327. The van der Waals surface area contributed by atoms with Gasteiger partial charge in [-0.25, -0.2) is 14.4 Å². The summed E-state index contributed by atoms with van der Waals surface area (Å²) >= 11 is 0. The smallest absolute Gasteiger partial charge is 0.204 e. The molecule has 7 heteroatoms. The second-order valence-corrected chi connectivity index (χ2v) is 5.57. The van der Waals surface area contributed by atoms with Gasteiger partial charge >= 0.3 is 0 Å². The minimum absolute atomic E-state index is 0.242. The predicted molar refractivity (Wildman–Crippen MR) is 97.8 cm³/mol. The average Bonchev–Trinajstić information content (AvgIpc) is 2.66. The number of halogens is 1. The van der Waals surface area contributed by atoms with E-state index in [4.69, 9.17) is 14.2 Å². The Morgan fingerprint density at radius 3 is 2.50 bits per heavy atom. The fraction of sp³-hybridized carbons (Fsp3) is 0.263. The summed E-state index contributed by atoms with van der Waals surface area (Å²) in [6.07, 6.45) is 2.12. The summed E-state index contributed by atoms with van der Waals surface area (Å²) < 4.78 is 29.6. The van der Waals surface area contributed by atoms with Gasteiger partial charge in [0, 0.05) is 12.6 Å². The highest BCUT2D eigenvalue weighted by Crippen LogP contribution is 2.44. The minimum Gasteiger partial charge on any atom is -0.493 e. The van der Waals surface area contributed by atoms with Crippen LogP contribution in [0.5, 0.6) is 17.2 Å². The van der Waals surface area contributed by atoms with Gasteiger partial charge in [0.25, 0.3) is 0 Å². The first-order valence-corrected chi connectivity index (χ1v) is 8.10. The molecule has 6 nitrogen and oxygen atoms in total. The number of ether oxygens (including phenoxy) is 3. The van der Waals surface area contributed by atoms with Crippen LogP contribution in [0.2, 0.25) is 0 Å². The van der Waals surface area contributed by atoms with Crippen molar-refractivity contribution in [3.63, 3.8) is 0 Å². The van der Waals surface area contributed by atoms with E-state index in [1.807, 2.05) is 6.07 Å². The molecule has 0 fully saturated rings. The zero-order chi connectivity index (χ0) is 18.5. The topological polar surface area (TPSA) is 65.5 Å². The number of fused-ring (bicyclic) bond motifs is 1. The molecule has 0 unspecified atom stereocenters. The van der Waals surface area contributed by atoms with Crippen molar-refractivity contribution in [1.82, 2.24) is 9.97 Å². The lowest BCUT2D eigenvalue weighted by Crippen LogP contribution is -2.08. The molecule has 1 aromatic heterocycles. The molecule has 0 atom stereocenters. The van der Waals surface area contributed by atoms with Gasteiger partial charge in [0.15, 0.2) is 11.5 Å². The average molecular weight is 357 g/mol. The number of hydrogen-bond donors (Lipinski definition) is 1. The first-order valence-electron chi connectivity index (χ1n) is 8.10. The second-order valence-electron chi connectivity index (χ2n) is 5.57. The Kier molecular flexibility index (Phi) is 5.36. The highest BCUT2D eigenvalue weighted by molar-refractivity contribution is 5.98. The Balaban J connectivity index is 1.93. The van der Waals surface area contributed by atoms with Crippen LogP contribution in [0.1, 0.15) is 5.56 Å². The van der Waals surface area contributed by atoms with E-state index < -0.39 is 0 Å². The van der Waals surface area contributed by atoms with E-state index in [1.165, 1.54) is 18.5 Å². The fourth-order valence-electron chi connectivity index (χ4n) is 2.84. The minimum atomic E-state index is -0.242. The number of nitrogens with one attached hydrogen (secondary N) is 1. The maximum Gasteiger partial charge on any atom is 0.204 e. The van der Waals surface area contributed by atoms with Crippen LogP contribution in [0.25, 0.3) is 10.9 Å². The molecule has 1 heterocycles. The van der Waals surface area contributed by atoms with Crippen LogP contribution in [-0.2, 0) is 6.42 Å². The quantitative estimate of drug-likeness (QED) is 0.699. The standard InChI is InChI=1S/C19H20FN3O3/c1-24-15-10-14-16(18(26-3)17(15)25-2)19(23-11-22-14)21-8-7-12-5-4-6-13(20)9-12/h4-6,9-11H,7-8H2,1-3H3,(H,21,22,23). The number of benzene rings is 2. The first-order chi connectivity index (χ1) is 12.7. The van der Waals surface area contributed by atoms with Gasteiger partial charge in [-0.1, -0.05) is 12.1 Å². The summed E-state index contributed by atoms with van der Waals surface area (Å²) in [6.45, 7) is 0.576. The van der Waals surface area contributed by atoms with Crippen LogP contribution >= 0.6 is 0 Å². The number of rotatable bonds is 7. The monoisotopic (exact) mass is 357 g/mol. The Morgan fingerprint density at radius 1 is 1.00 bits per heavy atom. The van der Waals surface area contributed by atoms with Crippen molar-refractivity contribution in [2.24, 2.45) is 0 Å². The van der Waals surface area contributed by atoms with Crippen LogP contribution in [-0.4, -0.2) is 37.8 Å². The van der Waals surface area contributed by atoms with Gasteiger partial charge in [-0.15, -0.1) is 0 Å². The molecule has 1 N–H and O–H groups in total. The normalized spacial score (nSPS) is 10.6. The maximum absolute atomic E-state index is 13.3. The molecule has 3 rings (SSSR count). The molecular formula is C19H20FN3O3. The Labute approximate surface area is 150 Å². The Morgan fingerprint density at radius 2 is 1.81 bits per heavy atom. The fourth-order valence-corrected chi connectivity index (χ4v) is 2.84. The van der Waals surface area contributed by atoms with Crippen molar-refractivity contribution < 1.29 is 18.6 Å². The predicted octanol–water partition coefficient (Wildman–Crippen LogP) is 3.45. The van der Waals surface area contributed by atoms with Gasteiger partial charge in [0.1, 0.15) is 18.0 Å². The van der Waals surface area contributed by atoms with E-state index in [-0.39, 0.29) is 5.82 Å². The van der Waals surface area contributed by atoms with Gasteiger partial charge in [-0.3, -0.25) is 0 Å². The molecule has 0 aliphatic heterocycles. The van der Waals surface area contributed by atoms with Crippen molar-refractivity contribution >= 4 is 16.7 Å². The highest BCUT2D eigenvalue weighted by atomic mass is 19.1. The zero-order valence-corrected chi connectivity index (χ0v) is 14.9. The number of aromatic nitrogens is 2. The van der Waals surface area contributed by atoms with Gasteiger partial charge in [-0.05, 0) is 24.1 Å². The van der Waals surface area contributed by atoms with Crippen molar-refractivity contribution in [2.75, 3.05) is 33.2 Å². The van der Waals surface area contributed by atoms with Gasteiger partial charge in [-0.2, -0.15) is 0 Å². The van der Waals surface area contributed by atoms with E-state index in [2.05, 4.69) is 15.3 Å². The zero-order valence-electron chi connectivity index (χ0n) is 14.9. The third-order valence-corrected chi connectivity index (χ3v) is 4.02. The van der Waals surface area contributed by atoms with Crippen LogP contribution in [0.15, 0.2) is 36.7 Å². The lowest BCUT2D eigenvalue weighted by Gasteiger charge is -2.16. The third kappa shape index (κ3) is 3.46. The van der Waals surface area contributed by atoms with E-state index in [1.54, 1.807) is 33.5 Å². The molecule has 0 aliphatic carbocycles. The first kappa shape index (κ1) is 17.7. The van der Waals surface area contributed by atoms with Crippen molar-refractivity contribution in [1.29, 1.82) is 0 Å². The molecule has 0 amide bonds. The number of methoxy groups -OCH3 is 3. The summed E-state index contributed by atoms with van der Waals surface area (Å²) in [5.74, 6) is 1.88.